The Labute approximate surface area is 176 Å². The zero-order chi connectivity index (χ0) is 20.8. The number of aryl methyl sites for hydroxylation is 1. The average Bonchev–Trinajstić information content (AvgIpc) is 3.42. The monoisotopic (exact) mass is 402 g/mol. The van der Waals surface area contributed by atoms with Crippen LogP contribution in [0.3, 0.4) is 0 Å². The van der Waals surface area contributed by atoms with Gasteiger partial charge < -0.3 is 10.2 Å². The molecule has 30 heavy (non-hydrogen) atoms. The highest BCUT2D eigenvalue weighted by atomic mass is 16.2. The minimum absolute atomic E-state index is 0.155. The Morgan fingerprint density at radius 2 is 1.73 bits per heavy atom. The molecule has 1 amide bonds. The van der Waals surface area contributed by atoms with E-state index in [1.807, 2.05) is 72.3 Å². The molecular weight excluding hydrogens is 376 g/mol. The van der Waals surface area contributed by atoms with Crippen LogP contribution in [-0.2, 0) is 4.79 Å². The molecule has 0 unspecified atom stereocenters. The Morgan fingerprint density at radius 3 is 2.43 bits per heavy atom. The van der Waals surface area contributed by atoms with Crippen LogP contribution in [0.5, 0.6) is 0 Å². The maximum Gasteiger partial charge on any atom is 0.259 e. The van der Waals surface area contributed by atoms with Gasteiger partial charge in [0, 0.05) is 18.8 Å². The van der Waals surface area contributed by atoms with E-state index in [9.17, 15) is 4.79 Å². The average molecular weight is 403 g/mol. The molecule has 1 aliphatic heterocycles. The number of rotatable bonds is 7. The summed E-state index contributed by atoms with van der Waals surface area (Å²) in [6.07, 6.45) is 4.03. The van der Waals surface area contributed by atoms with E-state index in [1.165, 1.54) is 0 Å². The molecule has 2 heterocycles. The Kier molecular flexibility index (Phi) is 6.08. The standard InChI is InChI=1S/C23H26N6O/c1-18-21(16-25-26-22(30)17-24-19-10-4-2-5-11-19)23(28-14-8-9-15-28)29(27-18)20-12-6-3-7-13-20/h2-7,10-13,16,24H,8-9,14-15,17H2,1H3,(H,26,30). The molecule has 0 atom stereocenters. The molecule has 0 spiro atoms. The summed E-state index contributed by atoms with van der Waals surface area (Å²) in [6, 6.07) is 19.7. The topological polar surface area (TPSA) is 74.5 Å². The van der Waals surface area contributed by atoms with Gasteiger partial charge in [0.15, 0.2) is 0 Å². The fourth-order valence-electron chi connectivity index (χ4n) is 3.61. The van der Waals surface area contributed by atoms with Gasteiger partial charge in [-0.2, -0.15) is 10.2 Å². The van der Waals surface area contributed by atoms with Crippen molar-refractivity contribution in [2.24, 2.45) is 5.10 Å². The van der Waals surface area contributed by atoms with Crippen LogP contribution in [-0.4, -0.2) is 41.5 Å². The Morgan fingerprint density at radius 1 is 1.07 bits per heavy atom. The lowest BCUT2D eigenvalue weighted by Gasteiger charge is -2.20. The van der Waals surface area contributed by atoms with E-state index in [4.69, 9.17) is 5.10 Å². The van der Waals surface area contributed by atoms with E-state index in [1.54, 1.807) is 6.21 Å². The van der Waals surface area contributed by atoms with E-state index < -0.39 is 0 Å². The van der Waals surface area contributed by atoms with Crippen LogP contribution in [0.4, 0.5) is 11.5 Å². The highest BCUT2D eigenvalue weighted by Crippen LogP contribution is 2.28. The maximum absolute atomic E-state index is 12.1. The molecule has 1 saturated heterocycles. The number of carbonyl (C=O) groups excluding carboxylic acids is 1. The quantitative estimate of drug-likeness (QED) is 0.470. The number of para-hydroxylation sites is 2. The Bertz CT molecular complexity index is 1010. The number of carbonyl (C=O) groups is 1. The lowest BCUT2D eigenvalue weighted by atomic mass is 10.2. The highest BCUT2D eigenvalue weighted by molar-refractivity contribution is 5.90. The zero-order valence-corrected chi connectivity index (χ0v) is 17.1. The van der Waals surface area contributed by atoms with Crippen molar-refractivity contribution in [2.75, 3.05) is 29.9 Å². The van der Waals surface area contributed by atoms with Gasteiger partial charge in [0.2, 0.25) is 0 Å². The first-order valence-electron chi connectivity index (χ1n) is 10.2. The number of amides is 1. The van der Waals surface area contributed by atoms with Crippen LogP contribution < -0.4 is 15.6 Å². The molecule has 3 aromatic rings. The minimum Gasteiger partial charge on any atom is -0.376 e. The van der Waals surface area contributed by atoms with E-state index in [0.29, 0.717) is 0 Å². The summed E-state index contributed by atoms with van der Waals surface area (Å²) >= 11 is 0. The maximum atomic E-state index is 12.1. The number of nitrogens with zero attached hydrogens (tertiary/aromatic N) is 4. The third-order valence-electron chi connectivity index (χ3n) is 5.10. The number of hydrogen-bond donors (Lipinski definition) is 2. The predicted octanol–water partition coefficient (Wildman–Crippen LogP) is 3.34. The van der Waals surface area contributed by atoms with Crippen LogP contribution >= 0.6 is 0 Å². The van der Waals surface area contributed by atoms with Crippen LogP contribution in [0, 0.1) is 6.92 Å². The third-order valence-corrected chi connectivity index (χ3v) is 5.10. The second-order valence-electron chi connectivity index (χ2n) is 7.28. The first-order valence-corrected chi connectivity index (χ1v) is 10.2. The van der Waals surface area contributed by atoms with E-state index in [2.05, 4.69) is 20.7 Å². The molecule has 0 aliphatic carbocycles. The van der Waals surface area contributed by atoms with E-state index in [0.717, 1.165) is 54.4 Å². The van der Waals surface area contributed by atoms with E-state index >= 15 is 0 Å². The van der Waals surface area contributed by atoms with Crippen molar-refractivity contribution in [3.63, 3.8) is 0 Å². The van der Waals surface area contributed by atoms with E-state index in [-0.39, 0.29) is 12.5 Å². The van der Waals surface area contributed by atoms with Crippen molar-refractivity contribution >= 4 is 23.6 Å². The molecular formula is C23H26N6O. The molecule has 4 rings (SSSR count). The molecule has 0 saturated carbocycles. The number of benzene rings is 2. The predicted molar refractivity (Wildman–Crippen MR) is 120 cm³/mol. The second-order valence-corrected chi connectivity index (χ2v) is 7.28. The van der Waals surface area contributed by atoms with Gasteiger partial charge in [-0.05, 0) is 44.0 Å². The first-order chi connectivity index (χ1) is 14.7. The molecule has 0 bridgehead atoms. The molecule has 154 valence electrons. The Hall–Kier alpha value is -3.61. The van der Waals surface area contributed by atoms with Crippen LogP contribution in [0.1, 0.15) is 24.1 Å². The largest absolute Gasteiger partial charge is 0.376 e. The zero-order valence-electron chi connectivity index (χ0n) is 17.1. The first kappa shape index (κ1) is 19.7. The van der Waals surface area contributed by atoms with Crippen molar-refractivity contribution in [1.82, 2.24) is 15.2 Å². The summed E-state index contributed by atoms with van der Waals surface area (Å²) in [4.78, 5) is 14.5. The summed E-state index contributed by atoms with van der Waals surface area (Å²) < 4.78 is 1.97. The van der Waals surface area contributed by atoms with Gasteiger partial charge in [0.05, 0.1) is 29.7 Å². The summed E-state index contributed by atoms with van der Waals surface area (Å²) in [6.45, 7) is 4.11. The number of aromatic nitrogens is 2. The smallest absolute Gasteiger partial charge is 0.259 e. The van der Waals surface area contributed by atoms with Crippen molar-refractivity contribution in [2.45, 2.75) is 19.8 Å². The Balaban J connectivity index is 1.50. The van der Waals surface area contributed by atoms with Crippen LogP contribution in [0.2, 0.25) is 0 Å². The fourth-order valence-corrected chi connectivity index (χ4v) is 3.61. The molecule has 0 radical (unpaired) electrons. The lowest BCUT2D eigenvalue weighted by Crippen LogP contribution is -2.26. The second kappa shape index (κ2) is 9.26. The van der Waals surface area contributed by atoms with Gasteiger partial charge in [-0.3, -0.25) is 4.79 Å². The number of hydrazone groups is 1. The molecule has 1 fully saturated rings. The fraction of sp³-hybridized carbons (Fsp3) is 0.261. The SMILES string of the molecule is Cc1nn(-c2ccccc2)c(N2CCCC2)c1C=NNC(=O)CNc1ccccc1. The van der Waals surface area contributed by atoms with Gasteiger partial charge in [0.1, 0.15) is 5.82 Å². The van der Waals surface area contributed by atoms with Crippen molar-refractivity contribution in [3.05, 3.63) is 71.9 Å². The molecule has 7 heteroatoms. The third kappa shape index (κ3) is 4.51. The van der Waals surface area contributed by atoms with Crippen LogP contribution in [0.15, 0.2) is 65.8 Å². The molecule has 2 N–H and O–H groups in total. The summed E-state index contributed by atoms with van der Waals surface area (Å²) in [5.41, 5.74) is 6.32. The molecule has 1 aromatic heterocycles. The summed E-state index contributed by atoms with van der Waals surface area (Å²) in [5, 5.41) is 12.0. The summed E-state index contributed by atoms with van der Waals surface area (Å²) in [5.74, 6) is 0.822. The number of hydrogen-bond acceptors (Lipinski definition) is 5. The van der Waals surface area contributed by atoms with Gasteiger partial charge in [-0.1, -0.05) is 36.4 Å². The normalized spacial score (nSPS) is 13.7. The lowest BCUT2D eigenvalue weighted by molar-refractivity contribution is -0.119. The van der Waals surface area contributed by atoms with Crippen molar-refractivity contribution in [1.29, 1.82) is 0 Å². The van der Waals surface area contributed by atoms with Crippen molar-refractivity contribution in [3.8, 4) is 5.69 Å². The number of anilines is 2. The van der Waals surface area contributed by atoms with Gasteiger partial charge in [-0.25, -0.2) is 10.1 Å². The van der Waals surface area contributed by atoms with Gasteiger partial charge >= 0.3 is 0 Å². The molecule has 7 nitrogen and oxygen atoms in total. The van der Waals surface area contributed by atoms with Crippen LogP contribution in [0.25, 0.3) is 5.69 Å². The highest BCUT2D eigenvalue weighted by Gasteiger charge is 2.23. The molecule has 1 aliphatic rings. The molecule has 2 aromatic carbocycles. The number of nitrogens with one attached hydrogen (secondary N) is 2. The van der Waals surface area contributed by atoms with Gasteiger partial charge in [0.25, 0.3) is 5.91 Å². The minimum atomic E-state index is -0.203. The van der Waals surface area contributed by atoms with Crippen molar-refractivity contribution < 1.29 is 4.79 Å². The van der Waals surface area contributed by atoms with Gasteiger partial charge in [-0.15, -0.1) is 0 Å². The summed E-state index contributed by atoms with van der Waals surface area (Å²) in [7, 11) is 0.